The Morgan fingerprint density at radius 2 is 1.87 bits per heavy atom. The molecule has 0 fully saturated rings. The topological polar surface area (TPSA) is 146 Å². The molecule has 118 valence electrons. The number of hydrogen-bond acceptors (Lipinski definition) is 7. The number of hydrogen-bond donors (Lipinski definition) is 1. The number of nitrogens with zero attached hydrogens (tertiary/aromatic N) is 5. The number of nitro benzene ring substituents is 2. The molecule has 1 heterocycles. The highest BCUT2D eigenvalue weighted by molar-refractivity contribution is 5.96. The zero-order valence-electron chi connectivity index (χ0n) is 11.7. The number of aryl methyl sites for hydroxylation is 1. The first-order valence-corrected chi connectivity index (χ1v) is 6.14. The lowest BCUT2D eigenvalue weighted by atomic mass is 10.1. The van der Waals surface area contributed by atoms with Crippen LogP contribution in [-0.2, 0) is 7.05 Å². The number of carbonyl (C=O) groups excluding carboxylic acids is 1. The second-order valence-corrected chi connectivity index (χ2v) is 4.33. The van der Waals surface area contributed by atoms with Crippen LogP contribution in [0.5, 0.6) is 0 Å². The quantitative estimate of drug-likeness (QED) is 0.494. The van der Waals surface area contributed by atoms with E-state index in [0.29, 0.717) is 5.69 Å². The van der Waals surface area contributed by atoms with Crippen LogP contribution >= 0.6 is 0 Å². The Hall–Kier alpha value is -3.63. The summed E-state index contributed by atoms with van der Waals surface area (Å²) in [5.74, 6) is -0.810. The van der Waals surface area contributed by atoms with E-state index < -0.39 is 27.1 Å². The summed E-state index contributed by atoms with van der Waals surface area (Å²) in [6.45, 7) is 0. The Morgan fingerprint density at radius 3 is 2.35 bits per heavy atom. The molecule has 0 radical (unpaired) electrons. The van der Waals surface area contributed by atoms with E-state index in [-0.39, 0.29) is 5.56 Å². The summed E-state index contributed by atoms with van der Waals surface area (Å²) < 4.78 is 1.51. The molecule has 0 aliphatic heterocycles. The minimum Gasteiger partial charge on any atom is -0.267 e. The number of nitrogens with one attached hydrogen (secondary N) is 1. The number of hydrazone groups is 1. The summed E-state index contributed by atoms with van der Waals surface area (Å²) >= 11 is 0. The van der Waals surface area contributed by atoms with Gasteiger partial charge in [0.05, 0.1) is 33.4 Å². The van der Waals surface area contributed by atoms with Crippen LogP contribution in [0.15, 0.2) is 35.6 Å². The molecule has 11 nitrogen and oxygen atoms in total. The lowest BCUT2D eigenvalue weighted by Crippen LogP contribution is -2.18. The highest BCUT2D eigenvalue weighted by Crippen LogP contribution is 2.22. The Balaban J connectivity index is 2.21. The van der Waals surface area contributed by atoms with Crippen LogP contribution in [0.3, 0.4) is 0 Å². The third kappa shape index (κ3) is 3.72. The Bertz CT molecular complexity index is 780. The second kappa shape index (κ2) is 6.43. The fraction of sp³-hybridized carbons (Fsp3) is 0.0833. The standard InChI is InChI=1S/C12H10N6O5/c1-16-9(2-3-14-16)7-13-15-12(19)8-4-10(17(20)21)6-11(5-8)18(22)23/h2-7H,1H3,(H,15,19)/b13-7+. The van der Waals surface area contributed by atoms with Crippen LogP contribution in [0.25, 0.3) is 0 Å². The molecule has 0 aliphatic carbocycles. The summed E-state index contributed by atoms with van der Waals surface area (Å²) in [6, 6.07) is 4.29. The van der Waals surface area contributed by atoms with Crippen molar-refractivity contribution >= 4 is 23.5 Å². The lowest BCUT2D eigenvalue weighted by Gasteiger charge is -2.01. The number of aromatic nitrogens is 2. The lowest BCUT2D eigenvalue weighted by molar-refractivity contribution is -0.394. The maximum Gasteiger partial charge on any atom is 0.277 e. The SMILES string of the molecule is Cn1nccc1/C=N/NC(=O)c1cc([N+](=O)[O-])cc([N+](=O)[O-])c1. The summed E-state index contributed by atoms with van der Waals surface area (Å²) in [7, 11) is 1.67. The van der Waals surface area contributed by atoms with Crippen molar-refractivity contribution in [3.63, 3.8) is 0 Å². The van der Waals surface area contributed by atoms with Crippen molar-refractivity contribution in [3.8, 4) is 0 Å². The van der Waals surface area contributed by atoms with Crippen molar-refractivity contribution < 1.29 is 14.6 Å². The summed E-state index contributed by atoms with van der Waals surface area (Å²) in [6.07, 6.45) is 2.85. The normalized spacial score (nSPS) is 10.7. The maximum absolute atomic E-state index is 11.9. The van der Waals surface area contributed by atoms with Crippen LogP contribution < -0.4 is 5.43 Å². The molecule has 2 rings (SSSR count). The van der Waals surface area contributed by atoms with Gasteiger partial charge in [-0.05, 0) is 6.07 Å². The molecule has 0 saturated carbocycles. The van der Waals surface area contributed by atoms with Crippen molar-refractivity contribution in [2.24, 2.45) is 12.1 Å². The average molecular weight is 318 g/mol. The summed E-state index contributed by atoms with van der Waals surface area (Å²) in [5.41, 5.74) is 1.39. The number of rotatable bonds is 5. The number of carbonyl (C=O) groups is 1. The number of amides is 1. The number of benzene rings is 1. The zero-order valence-corrected chi connectivity index (χ0v) is 11.7. The number of nitro groups is 2. The molecule has 0 atom stereocenters. The largest absolute Gasteiger partial charge is 0.277 e. The first-order valence-electron chi connectivity index (χ1n) is 6.14. The van der Waals surface area contributed by atoms with Crippen molar-refractivity contribution in [2.45, 2.75) is 0 Å². The molecule has 0 saturated heterocycles. The fourth-order valence-corrected chi connectivity index (χ4v) is 1.67. The van der Waals surface area contributed by atoms with Gasteiger partial charge in [-0.25, -0.2) is 5.43 Å². The van der Waals surface area contributed by atoms with Crippen LogP contribution in [0.2, 0.25) is 0 Å². The molecule has 1 aromatic carbocycles. The van der Waals surface area contributed by atoms with Gasteiger partial charge in [0, 0.05) is 25.4 Å². The summed E-state index contributed by atoms with van der Waals surface area (Å²) in [4.78, 5) is 31.8. The van der Waals surface area contributed by atoms with Gasteiger partial charge in [-0.15, -0.1) is 0 Å². The van der Waals surface area contributed by atoms with Gasteiger partial charge in [0.2, 0.25) is 0 Å². The van der Waals surface area contributed by atoms with Gasteiger partial charge in [0.15, 0.2) is 0 Å². The van der Waals surface area contributed by atoms with Crippen molar-refractivity contribution in [3.05, 3.63) is 61.9 Å². The molecule has 0 unspecified atom stereocenters. The average Bonchev–Trinajstić information content (AvgIpc) is 2.92. The van der Waals surface area contributed by atoms with Crippen molar-refractivity contribution in [1.29, 1.82) is 0 Å². The molecule has 0 aliphatic rings. The fourth-order valence-electron chi connectivity index (χ4n) is 1.67. The van der Waals surface area contributed by atoms with E-state index in [9.17, 15) is 25.0 Å². The number of non-ortho nitro benzene ring substituents is 2. The predicted molar refractivity (Wildman–Crippen MR) is 78.0 cm³/mol. The van der Waals surface area contributed by atoms with Gasteiger partial charge in [0.25, 0.3) is 17.3 Å². The van der Waals surface area contributed by atoms with E-state index in [1.165, 1.54) is 17.1 Å². The minimum absolute atomic E-state index is 0.243. The van der Waals surface area contributed by atoms with Gasteiger partial charge < -0.3 is 0 Å². The first-order chi connectivity index (χ1) is 10.9. The van der Waals surface area contributed by atoms with E-state index in [1.54, 1.807) is 13.1 Å². The van der Waals surface area contributed by atoms with Crippen LogP contribution in [0, 0.1) is 20.2 Å². The van der Waals surface area contributed by atoms with Crippen LogP contribution in [0.1, 0.15) is 16.1 Å². The molecule has 1 N–H and O–H groups in total. The van der Waals surface area contributed by atoms with E-state index in [2.05, 4.69) is 15.6 Å². The van der Waals surface area contributed by atoms with E-state index in [1.807, 2.05) is 0 Å². The first kappa shape index (κ1) is 15.8. The molecule has 11 heteroatoms. The van der Waals surface area contributed by atoms with Gasteiger partial charge in [-0.1, -0.05) is 0 Å². The molecule has 1 amide bonds. The molecule has 2 aromatic rings. The third-order valence-corrected chi connectivity index (χ3v) is 2.81. The van der Waals surface area contributed by atoms with E-state index in [0.717, 1.165) is 18.2 Å². The van der Waals surface area contributed by atoms with E-state index in [4.69, 9.17) is 0 Å². The third-order valence-electron chi connectivity index (χ3n) is 2.81. The maximum atomic E-state index is 11.9. The molecule has 23 heavy (non-hydrogen) atoms. The molecule has 1 aromatic heterocycles. The van der Waals surface area contributed by atoms with Crippen molar-refractivity contribution in [2.75, 3.05) is 0 Å². The Kier molecular flexibility index (Phi) is 4.40. The van der Waals surface area contributed by atoms with E-state index >= 15 is 0 Å². The van der Waals surface area contributed by atoms with Crippen molar-refractivity contribution in [1.82, 2.24) is 15.2 Å². The minimum atomic E-state index is -0.817. The highest BCUT2D eigenvalue weighted by atomic mass is 16.6. The molecule has 0 spiro atoms. The highest BCUT2D eigenvalue weighted by Gasteiger charge is 2.19. The smallest absolute Gasteiger partial charge is 0.267 e. The molecule has 0 bridgehead atoms. The predicted octanol–water partition coefficient (Wildman–Crippen LogP) is 1.00. The van der Waals surface area contributed by atoms with Gasteiger partial charge in [-0.3, -0.25) is 29.7 Å². The molecular formula is C12H10N6O5. The van der Waals surface area contributed by atoms with Gasteiger partial charge in [-0.2, -0.15) is 10.2 Å². The zero-order chi connectivity index (χ0) is 17.0. The Morgan fingerprint density at radius 1 is 1.26 bits per heavy atom. The van der Waals surface area contributed by atoms with Crippen LogP contribution in [-0.4, -0.2) is 31.7 Å². The van der Waals surface area contributed by atoms with Gasteiger partial charge >= 0.3 is 0 Å². The van der Waals surface area contributed by atoms with Gasteiger partial charge in [0.1, 0.15) is 0 Å². The Labute approximate surface area is 128 Å². The van der Waals surface area contributed by atoms with Crippen LogP contribution in [0.4, 0.5) is 11.4 Å². The monoisotopic (exact) mass is 318 g/mol. The molecular weight excluding hydrogens is 308 g/mol. The second-order valence-electron chi connectivity index (χ2n) is 4.33. The summed E-state index contributed by atoms with van der Waals surface area (Å²) in [5, 5.41) is 29.1.